The largest absolute Gasteiger partial charge is 0.494 e. The van der Waals surface area contributed by atoms with Gasteiger partial charge in [0.15, 0.2) is 0 Å². The molecule has 2 aromatic carbocycles. The SMILES string of the molecule is COc1cc2nn(C3CCC(CN4CCO[C@@H](CCNc5cccc6c5C(=O)N(C5CCC(=O)NC5=O)C6=O)C4)CC3)cc2cc1NC(=O)c1cccc(C(F)(F)F)n1. The first-order chi connectivity index (χ1) is 28.4. The summed E-state index contributed by atoms with van der Waals surface area (Å²) in [6, 6.07) is 10.7. The smallest absolute Gasteiger partial charge is 0.433 e. The van der Waals surface area contributed by atoms with Gasteiger partial charge in [0, 0.05) is 55.9 Å². The molecule has 4 aliphatic rings. The Morgan fingerprint density at radius 2 is 1.80 bits per heavy atom. The van der Waals surface area contributed by atoms with E-state index in [9.17, 15) is 37.1 Å². The predicted molar refractivity (Wildman–Crippen MR) is 207 cm³/mol. The molecule has 18 heteroatoms. The average Bonchev–Trinajstić information content (AvgIpc) is 3.75. The minimum Gasteiger partial charge on any atom is -0.494 e. The quantitative estimate of drug-likeness (QED) is 0.173. The maximum atomic E-state index is 13.5. The number of benzene rings is 2. The van der Waals surface area contributed by atoms with E-state index in [1.165, 1.54) is 13.2 Å². The zero-order valence-corrected chi connectivity index (χ0v) is 32.2. The van der Waals surface area contributed by atoms with Crippen LogP contribution in [0.3, 0.4) is 0 Å². The maximum absolute atomic E-state index is 13.5. The molecule has 4 aromatic rings. The van der Waals surface area contributed by atoms with E-state index in [0.717, 1.165) is 67.7 Å². The lowest BCUT2D eigenvalue weighted by Crippen LogP contribution is -2.54. The highest BCUT2D eigenvalue weighted by Crippen LogP contribution is 2.37. The third-order valence-corrected chi connectivity index (χ3v) is 11.5. The average molecular weight is 817 g/mol. The molecule has 2 atom stereocenters. The number of methoxy groups -OCH3 is 1. The monoisotopic (exact) mass is 816 g/mol. The summed E-state index contributed by atoms with van der Waals surface area (Å²) in [5.41, 5.74) is 0.413. The first-order valence-electron chi connectivity index (χ1n) is 19.7. The Labute approximate surface area is 336 Å². The van der Waals surface area contributed by atoms with Crippen LogP contribution in [0.2, 0.25) is 0 Å². The van der Waals surface area contributed by atoms with Crippen molar-refractivity contribution in [2.45, 2.75) is 69.3 Å². The lowest BCUT2D eigenvalue weighted by atomic mass is 9.85. The summed E-state index contributed by atoms with van der Waals surface area (Å²) < 4.78 is 53.1. The molecule has 8 rings (SSSR count). The van der Waals surface area contributed by atoms with Crippen molar-refractivity contribution >= 4 is 51.8 Å². The number of morpholine rings is 1. The van der Waals surface area contributed by atoms with Gasteiger partial charge in [-0.3, -0.25) is 43.8 Å². The Morgan fingerprint density at radius 1 is 1.00 bits per heavy atom. The van der Waals surface area contributed by atoms with Gasteiger partial charge in [-0.15, -0.1) is 0 Å². The molecule has 3 aliphatic heterocycles. The van der Waals surface area contributed by atoms with Crippen LogP contribution >= 0.6 is 0 Å². The number of fused-ring (bicyclic) bond motifs is 2. The van der Waals surface area contributed by atoms with Crippen LogP contribution in [0.1, 0.15) is 87.9 Å². The van der Waals surface area contributed by atoms with E-state index < -0.39 is 47.4 Å². The van der Waals surface area contributed by atoms with E-state index >= 15 is 0 Å². The summed E-state index contributed by atoms with van der Waals surface area (Å²) in [4.78, 5) is 70.6. The molecule has 0 spiro atoms. The molecule has 1 saturated carbocycles. The summed E-state index contributed by atoms with van der Waals surface area (Å²) >= 11 is 0. The molecule has 2 aromatic heterocycles. The van der Waals surface area contributed by atoms with E-state index in [2.05, 4.69) is 25.8 Å². The molecular weight excluding hydrogens is 773 g/mol. The van der Waals surface area contributed by atoms with Gasteiger partial charge in [0.25, 0.3) is 17.7 Å². The normalized spacial score (nSPS) is 22.7. The molecule has 3 fully saturated rings. The third kappa shape index (κ3) is 8.36. The third-order valence-electron chi connectivity index (χ3n) is 11.5. The molecule has 5 heterocycles. The van der Waals surface area contributed by atoms with Crippen molar-refractivity contribution in [3.8, 4) is 5.75 Å². The van der Waals surface area contributed by atoms with Gasteiger partial charge < -0.3 is 20.1 Å². The second kappa shape index (κ2) is 16.4. The van der Waals surface area contributed by atoms with Gasteiger partial charge in [-0.25, -0.2) is 4.98 Å². The van der Waals surface area contributed by atoms with Crippen molar-refractivity contribution in [3.63, 3.8) is 0 Å². The number of halogens is 3. The van der Waals surface area contributed by atoms with Crippen LogP contribution in [0.25, 0.3) is 10.9 Å². The molecule has 0 radical (unpaired) electrons. The number of aromatic nitrogens is 3. The molecule has 15 nitrogen and oxygen atoms in total. The van der Waals surface area contributed by atoms with E-state index in [-0.39, 0.29) is 41.8 Å². The number of carbonyl (C=O) groups is 5. The molecule has 5 amide bonds. The van der Waals surface area contributed by atoms with Crippen molar-refractivity contribution in [2.24, 2.45) is 5.92 Å². The summed E-state index contributed by atoms with van der Waals surface area (Å²) in [5.74, 6) is -2.13. The van der Waals surface area contributed by atoms with Gasteiger partial charge in [0.2, 0.25) is 11.8 Å². The molecule has 310 valence electrons. The Hall–Kier alpha value is -5.88. The minimum atomic E-state index is -4.68. The van der Waals surface area contributed by atoms with E-state index in [1.807, 2.05) is 10.9 Å². The lowest BCUT2D eigenvalue weighted by Gasteiger charge is -2.37. The van der Waals surface area contributed by atoms with Gasteiger partial charge in [0.1, 0.15) is 23.2 Å². The number of pyridine rings is 1. The molecule has 2 saturated heterocycles. The number of nitrogens with one attached hydrogen (secondary N) is 3. The molecule has 1 unspecified atom stereocenters. The number of amides is 5. The molecular formula is C41H43F3N8O7. The topological polar surface area (TPSA) is 177 Å². The molecule has 3 N–H and O–H groups in total. The van der Waals surface area contributed by atoms with Crippen LogP contribution in [0.15, 0.2) is 54.7 Å². The first-order valence-corrected chi connectivity index (χ1v) is 19.7. The van der Waals surface area contributed by atoms with Crippen LogP contribution in [0.5, 0.6) is 5.75 Å². The zero-order chi connectivity index (χ0) is 41.4. The van der Waals surface area contributed by atoms with Crippen molar-refractivity contribution in [1.29, 1.82) is 0 Å². The van der Waals surface area contributed by atoms with Gasteiger partial charge in [-0.2, -0.15) is 18.3 Å². The van der Waals surface area contributed by atoms with Crippen molar-refractivity contribution in [3.05, 3.63) is 77.2 Å². The van der Waals surface area contributed by atoms with Gasteiger partial charge in [-0.1, -0.05) is 12.1 Å². The summed E-state index contributed by atoms with van der Waals surface area (Å²) in [6.45, 7) is 3.66. The maximum Gasteiger partial charge on any atom is 0.433 e. The Bertz CT molecular complexity index is 2310. The van der Waals surface area contributed by atoms with Gasteiger partial charge in [-0.05, 0) is 74.8 Å². The second-order valence-corrected chi connectivity index (χ2v) is 15.4. The number of ether oxygens (including phenoxy) is 2. The van der Waals surface area contributed by atoms with E-state index in [4.69, 9.17) is 14.6 Å². The fourth-order valence-corrected chi connectivity index (χ4v) is 8.54. The second-order valence-electron chi connectivity index (χ2n) is 15.4. The Morgan fingerprint density at radius 3 is 2.56 bits per heavy atom. The number of hydrogen-bond donors (Lipinski definition) is 3. The fourth-order valence-electron chi connectivity index (χ4n) is 8.54. The number of rotatable bonds is 11. The van der Waals surface area contributed by atoms with Gasteiger partial charge >= 0.3 is 6.18 Å². The van der Waals surface area contributed by atoms with Crippen LogP contribution in [0, 0.1) is 5.92 Å². The van der Waals surface area contributed by atoms with Crippen LogP contribution in [-0.4, -0.2) is 106 Å². The number of piperidine rings is 1. The van der Waals surface area contributed by atoms with Crippen LogP contribution in [0.4, 0.5) is 24.5 Å². The highest BCUT2D eigenvalue weighted by molar-refractivity contribution is 6.25. The number of hydrogen-bond acceptors (Lipinski definition) is 11. The van der Waals surface area contributed by atoms with E-state index in [1.54, 1.807) is 30.3 Å². The van der Waals surface area contributed by atoms with Crippen LogP contribution < -0.4 is 20.7 Å². The Kier molecular flexibility index (Phi) is 11.1. The number of nitrogens with zero attached hydrogens (tertiary/aromatic N) is 5. The number of carbonyl (C=O) groups excluding carboxylic acids is 5. The summed E-state index contributed by atoms with van der Waals surface area (Å²) in [5, 5.41) is 13.7. The highest BCUT2D eigenvalue weighted by atomic mass is 19.4. The van der Waals surface area contributed by atoms with Crippen molar-refractivity contribution in [2.75, 3.05) is 50.5 Å². The first kappa shape index (κ1) is 39.9. The predicted octanol–water partition coefficient (Wildman–Crippen LogP) is 5.05. The number of imide groups is 2. The zero-order valence-electron chi connectivity index (χ0n) is 32.2. The lowest BCUT2D eigenvalue weighted by molar-refractivity contribution is -0.141. The van der Waals surface area contributed by atoms with Crippen molar-refractivity contribution < 1.29 is 46.6 Å². The molecule has 1 aliphatic carbocycles. The highest BCUT2D eigenvalue weighted by Gasteiger charge is 2.45. The standard InChI is InChI=1S/C41H43F3N8O7/c1-58-33-19-30-24(18-31(33)47-37(54)29-6-3-7-34(46-29)41(42,43)44)21-51(49-30)25-10-8-23(9-11-25)20-50-16-17-59-26(22-50)14-15-45-28-5-2-4-27-36(28)40(57)52(39(27)56)32-12-13-35(53)48-38(32)55/h2-7,18-19,21,23,25-26,32,45H,8-17,20,22H2,1H3,(H,47,54)(H,48,53,55)/t23?,25?,26-,32?/m0/s1. The molecule has 59 heavy (non-hydrogen) atoms. The van der Waals surface area contributed by atoms with Gasteiger partial charge in [0.05, 0.1) is 48.2 Å². The number of alkyl halides is 3. The number of anilines is 2. The Balaban J connectivity index is 0.823. The van der Waals surface area contributed by atoms with Crippen LogP contribution in [-0.2, 0) is 20.5 Å². The summed E-state index contributed by atoms with van der Waals surface area (Å²) in [7, 11) is 1.44. The summed E-state index contributed by atoms with van der Waals surface area (Å²) in [6.07, 6.45) is 1.94. The van der Waals surface area contributed by atoms with E-state index in [0.29, 0.717) is 48.1 Å². The van der Waals surface area contributed by atoms with Crippen molar-refractivity contribution in [1.82, 2.24) is 29.9 Å². The fraction of sp³-hybridized carbons (Fsp3) is 0.439. The molecule has 0 bridgehead atoms. The minimum absolute atomic E-state index is 0.0221.